The van der Waals surface area contributed by atoms with Gasteiger partial charge in [0, 0.05) is 6.54 Å². The fraction of sp³-hybridized carbons (Fsp3) is 0.250. The number of nitrogens with one attached hydrogen (secondary N) is 1. The molecule has 2 rings (SSSR count). The van der Waals surface area contributed by atoms with E-state index in [2.05, 4.69) is 5.32 Å². The van der Waals surface area contributed by atoms with E-state index in [1.165, 1.54) is 12.1 Å². The van der Waals surface area contributed by atoms with Crippen molar-refractivity contribution < 1.29 is 28.6 Å². The first-order valence-electron chi connectivity index (χ1n) is 8.56. The summed E-state index contributed by atoms with van der Waals surface area (Å²) >= 11 is 0. The van der Waals surface area contributed by atoms with Crippen LogP contribution in [0.5, 0.6) is 11.5 Å². The lowest BCUT2D eigenvalue weighted by Crippen LogP contribution is -2.31. The van der Waals surface area contributed by atoms with Gasteiger partial charge in [0.05, 0.1) is 12.7 Å². The van der Waals surface area contributed by atoms with Crippen LogP contribution in [0.2, 0.25) is 0 Å². The van der Waals surface area contributed by atoms with Gasteiger partial charge in [-0.1, -0.05) is 24.3 Å². The number of ether oxygens (including phenoxy) is 3. The number of carbonyl (C=O) groups excluding carboxylic acids is 3. The summed E-state index contributed by atoms with van der Waals surface area (Å²) in [6.07, 6.45) is 0.636. The molecule has 0 heterocycles. The highest BCUT2D eigenvalue weighted by Gasteiger charge is 2.12. The minimum Gasteiger partial charge on any atom is -0.497 e. The molecule has 8 heteroatoms. The average Bonchev–Trinajstić information content (AvgIpc) is 2.71. The second kappa shape index (κ2) is 10.6. The predicted molar refractivity (Wildman–Crippen MR) is 101 cm³/mol. The third-order valence-electron chi connectivity index (χ3n) is 3.76. The summed E-state index contributed by atoms with van der Waals surface area (Å²) in [4.78, 5) is 34.7. The number of rotatable bonds is 10. The van der Waals surface area contributed by atoms with Gasteiger partial charge in [-0.3, -0.25) is 9.59 Å². The van der Waals surface area contributed by atoms with Crippen molar-refractivity contribution >= 4 is 17.8 Å². The molecular formula is C20H22N2O6. The molecule has 0 aliphatic rings. The fourth-order valence-corrected chi connectivity index (χ4v) is 2.31. The van der Waals surface area contributed by atoms with E-state index in [0.29, 0.717) is 13.0 Å². The van der Waals surface area contributed by atoms with E-state index >= 15 is 0 Å². The van der Waals surface area contributed by atoms with Crippen molar-refractivity contribution in [3.8, 4) is 11.5 Å². The van der Waals surface area contributed by atoms with Crippen LogP contribution in [0, 0.1) is 0 Å². The molecule has 28 heavy (non-hydrogen) atoms. The fourth-order valence-electron chi connectivity index (χ4n) is 2.31. The third-order valence-corrected chi connectivity index (χ3v) is 3.76. The molecule has 3 N–H and O–H groups in total. The summed E-state index contributed by atoms with van der Waals surface area (Å²) in [5.41, 5.74) is 6.43. The van der Waals surface area contributed by atoms with Crippen LogP contribution < -0.4 is 20.5 Å². The Hall–Kier alpha value is -3.55. The first-order valence-corrected chi connectivity index (χ1v) is 8.56. The van der Waals surface area contributed by atoms with Crippen molar-refractivity contribution in [2.24, 2.45) is 5.73 Å². The van der Waals surface area contributed by atoms with Crippen molar-refractivity contribution in [3.05, 3.63) is 59.7 Å². The molecule has 0 unspecified atom stereocenters. The van der Waals surface area contributed by atoms with Gasteiger partial charge in [0.25, 0.3) is 11.8 Å². The van der Waals surface area contributed by atoms with Crippen LogP contribution in [-0.4, -0.2) is 44.7 Å². The quantitative estimate of drug-likeness (QED) is 0.590. The summed E-state index contributed by atoms with van der Waals surface area (Å²) in [6.45, 7) is -0.448. The molecular weight excluding hydrogens is 364 g/mol. The highest BCUT2D eigenvalue weighted by molar-refractivity contribution is 5.95. The van der Waals surface area contributed by atoms with Gasteiger partial charge < -0.3 is 25.3 Å². The van der Waals surface area contributed by atoms with Crippen molar-refractivity contribution in [1.29, 1.82) is 0 Å². The van der Waals surface area contributed by atoms with Crippen molar-refractivity contribution in [1.82, 2.24) is 5.32 Å². The lowest BCUT2D eigenvalue weighted by Gasteiger charge is -2.10. The Bertz CT molecular complexity index is 820. The number of primary amides is 1. The Morgan fingerprint density at radius 3 is 2.39 bits per heavy atom. The summed E-state index contributed by atoms with van der Waals surface area (Å²) in [5.74, 6) is -0.875. The largest absolute Gasteiger partial charge is 0.497 e. The average molecular weight is 386 g/mol. The molecule has 0 aromatic heterocycles. The van der Waals surface area contributed by atoms with Crippen molar-refractivity contribution in [3.63, 3.8) is 0 Å². The number of benzene rings is 2. The number of hydrogen-bond donors (Lipinski definition) is 2. The molecule has 0 aliphatic carbocycles. The minimum atomic E-state index is -0.732. The van der Waals surface area contributed by atoms with E-state index in [9.17, 15) is 14.4 Å². The Labute approximate surface area is 162 Å². The smallest absolute Gasteiger partial charge is 0.344 e. The van der Waals surface area contributed by atoms with E-state index in [4.69, 9.17) is 19.9 Å². The van der Waals surface area contributed by atoms with Gasteiger partial charge in [0.2, 0.25) is 0 Å². The Morgan fingerprint density at radius 1 is 1.00 bits per heavy atom. The van der Waals surface area contributed by atoms with E-state index in [0.717, 1.165) is 11.3 Å². The monoisotopic (exact) mass is 386 g/mol. The molecule has 2 aromatic carbocycles. The van der Waals surface area contributed by atoms with Crippen LogP contribution in [0.15, 0.2) is 48.5 Å². The Balaban J connectivity index is 1.66. The Kier molecular flexibility index (Phi) is 7.83. The van der Waals surface area contributed by atoms with Crippen molar-refractivity contribution in [2.75, 3.05) is 26.9 Å². The van der Waals surface area contributed by atoms with E-state index in [1.54, 1.807) is 19.2 Å². The van der Waals surface area contributed by atoms with Gasteiger partial charge >= 0.3 is 5.97 Å². The normalized spacial score (nSPS) is 10.0. The first-order chi connectivity index (χ1) is 13.5. The summed E-state index contributed by atoms with van der Waals surface area (Å²) in [6, 6.07) is 13.8. The van der Waals surface area contributed by atoms with Crippen LogP contribution in [0.25, 0.3) is 0 Å². The second-order valence-corrected chi connectivity index (χ2v) is 5.76. The molecule has 148 valence electrons. The summed E-state index contributed by atoms with van der Waals surface area (Å²) < 4.78 is 15.2. The molecule has 2 amide bonds. The maximum absolute atomic E-state index is 11.7. The molecule has 0 radical (unpaired) electrons. The maximum Gasteiger partial charge on any atom is 0.344 e. The topological polar surface area (TPSA) is 117 Å². The zero-order valence-corrected chi connectivity index (χ0v) is 15.5. The standard InChI is InChI=1S/C20H22N2O6/c1-26-15-8-6-14(7-9-15)10-11-22-18(23)12-28-19(24)13-27-17-5-3-2-4-16(17)20(21)25/h2-9H,10-13H2,1H3,(H2,21,25)(H,22,23). The van der Waals surface area contributed by atoms with Crippen molar-refractivity contribution in [2.45, 2.75) is 6.42 Å². The molecule has 0 saturated carbocycles. The molecule has 0 aliphatic heterocycles. The molecule has 0 bridgehead atoms. The predicted octanol–water partition coefficient (Wildman–Crippen LogP) is 1.07. The minimum absolute atomic E-state index is 0.159. The van der Waals surface area contributed by atoms with Crippen LogP contribution in [0.1, 0.15) is 15.9 Å². The summed E-state index contributed by atoms with van der Waals surface area (Å²) in [7, 11) is 1.60. The zero-order valence-electron chi connectivity index (χ0n) is 15.5. The van der Waals surface area contributed by atoms with Gasteiger partial charge in [-0.05, 0) is 36.2 Å². The third kappa shape index (κ3) is 6.64. The number of methoxy groups -OCH3 is 1. The first kappa shape index (κ1) is 20.8. The summed E-state index contributed by atoms with van der Waals surface area (Å²) in [5, 5.41) is 2.66. The van der Waals surface area contributed by atoms with E-state index in [1.807, 2.05) is 24.3 Å². The van der Waals surface area contributed by atoms with Gasteiger partial charge in [-0.15, -0.1) is 0 Å². The molecule has 0 fully saturated rings. The lowest BCUT2D eigenvalue weighted by atomic mass is 10.1. The maximum atomic E-state index is 11.7. The zero-order chi connectivity index (χ0) is 20.4. The van der Waals surface area contributed by atoms with Gasteiger partial charge in [0.15, 0.2) is 13.2 Å². The Morgan fingerprint density at radius 2 is 1.71 bits per heavy atom. The molecule has 0 atom stereocenters. The van der Waals surface area contributed by atoms with Gasteiger partial charge in [0.1, 0.15) is 11.5 Å². The van der Waals surface area contributed by atoms with Crippen LogP contribution in [0.4, 0.5) is 0 Å². The van der Waals surface area contributed by atoms with Crippen LogP contribution in [-0.2, 0) is 20.7 Å². The van der Waals surface area contributed by atoms with Gasteiger partial charge in [-0.2, -0.15) is 0 Å². The number of nitrogens with two attached hydrogens (primary N) is 1. The van der Waals surface area contributed by atoms with Gasteiger partial charge in [-0.25, -0.2) is 4.79 Å². The SMILES string of the molecule is COc1ccc(CCNC(=O)COC(=O)COc2ccccc2C(N)=O)cc1. The van der Waals surface area contributed by atoms with E-state index < -0.39 is 31.0 Å². The number of hydrogen-bond acceptors (Lipinski definition) is 6. The lowest BCUT2D eigenvalue weighted by molar-refractivity contribution is -0.150. The second-order valence-electron chi connectivity index (χ2n) is 5.76. The van der Waals surface area contributed by atoms with E-state index in [-0.39, 0.29) is 11.3 Å². The number of carbonyl (C=O) groups is 3. The highest BCUT2D eigenvalue weighted by Crippen LogP contribution is 2.17. The molecule has 0 spiro atoms. The highest BCUT2D eigenvalue weighted by atomic mass is 16.6. The molecule has 0 saturated heterocycles. The van der Waals surface area contributed by atoms with Crippen LogP contribution >= 0.6 is 0 Å². The molecule has 2 aromatic rings. The number of para-hydroxylation sites is 1. The number of esters is 1. The molecule has 8 nitrogen and oxygen atoms in total. The number of amides is 2. The van der Waals surface area contributed by atoms with Crippen LogP contribution in [0.3, 0.4) is 0 Å².